The zero-order valence-electron chi connectivity index (χ0n) is 10.9. The molecule has 1 unspecified atom stereocenters. The van der Waals surface area contributed by atoms with Crippen molar-refractivity contribution in [3.8, 4) is 0 Å². The molecule has 0 bridgehead atoms. The normalized spacial score (nSPS) is 13.1. The summed E-state index contributed by atoms with van der Waals surface area (Å²) in [5, 5.41) is 3.25. The predicted molar refractivity (Wildman–Crippen MR) is 67.4 cm³/mol. The Labute approximate surface area is 102 Å². The molecule has 96 valence electrons. The third-order valence-corrected chi connectivity index (χ3v) is 2.33. The van der Waals surface area contributed by atoms with Crippen molar-refractivity contribution in [2.45, 2.75) is 26.3 Å². The summed E-state index contributed by atoms with van der Waals surface area (Å²) in [7, 11) is 4.05. The minimum absolute atomic E-state index is 0.263. The Morgan fingerprint density at radius 2 is 2.06 bits per heavy atom. The highest BCUT2D eigenvalue weighted by atomic mass is 19.1. The number of halogens is 1. The molecule has 1 aromatic rings. The van der Waals surface area contributed by atoms with Crippen LogP contribution in [0.15, 0.2) is 12.4 Å². The molecule has 5 heteroatoms. The Morgan fingerprint density at radius 3 is 2.59 bits per heavy atom. The number of anilines is 1. The molecule has 1 rings (SSSR count). The summed E-state index contributed by atoms with van der Waals surface area (Å²) in [6.07, 6.45) is 2.25. The molecule has 0 radical (unpaired) electrons. The highest BCUT2D eigenvalue weighted by molar-refractivity contribution is 5.33. The van der Waals surface area contributed by atoms with E-state index in [9.17, 15) is 4.39 Å². The molecule has 4 nitrogen and oxygen atoms in total. The van der Waals surface area contributed by atoms with Crippen LogP contribution >= 0.6 is 0 Å². The van der Waals surface area contributed by atoms with Crippen LogP contribution in [0, 0.1) is 11.9 Å². The third kappa shape index (κ3) is 5.58. The van der Waals surface area contributed by atoms with Crippen molar-refractivity contribution in [3.05, 3.63) is 18.3 Å². The van der Waals surface area contributed by atoms with Gasteiger partial charge in [0, 0.05) is 18.7 Å². The van der Waals surface area contributed by atoms with Crippen LogP contribution < -0.4 is 5.32 Å². The Balaban J connectivity index is 2.64. The van der Waals surface area contributed by atoms with E-state index in [1.807, 2.05) is 14.1 Å². The van der Waals surface area contributed by atoms with Gasteiger partial charge in [0.1, 0.15) is 12.1 Å². The van der Waals surface area contributed by atoms with Crippen molar-refractivity contribution in [1.82, 2.24) is 14.9 Å². The second-order valence-electron chi connectivity index (χ2n) is 4.96. The van der Waals surface area contributed by atoms with Crippen LogP contribution in [0.3, 0.4) is 0 Å². The van der Waals surface area contributed by atoms with E-state index in [4.69, 9.17) is 0 Å². The Hall–Kier alpha value is -1.23. The molecule has 0 amide bonds. The number of rotatable bonds is 6. The largest absolute Gasteiger partial charge is 0.366 e. The molecule has 0 aliphatic rings. The lowest BCUT2D eigenvalue weighted by Gasteiger charge is -2.24. The van der Waals surface area contributed by atoms with E-state index in [0.29, 0.717) is 11.7 Å². The molecule has 1 heterocycles. The number of hydrogen-bond donors (Lipinski definition) is 1. The molecule has 1 atom stereocenters. The highest BCUT2D eigenvalue weighted by Gasteiger charge is 2.12. The number of likely N-dealkylation sites (N-methyl/N-ethyl adjacent to an activating group) is 1. The minimum atomic E-state index is -0.504. The first kappa shape index (κ1) is 13.8. The Kier molecular flexibility index (Phi) is 5.28. The number of aromatic nitrogens is 2. The molecule has 17 heavy (non-hydrogen) atoms. The maximum atomic E-state index is 12.9. The highest BCUT2D eigenvalue weighted by Crippen LogP contribution is 2.11. The predicted octanol–water partition coefficient (Wildman–Crippen LogP) is 2.00. The number of nitrogens with zero attached hydrogens (tertiary/aromatic N) is 3. The van der Waals surface area contributed by atoms with Crippen molar-refractivity contribution in [2.24, 2.45) is 5.92 Å². The van der Waals surface area contributed by atoms with Gasteiger partial charge in [-0.25, -0.2) is 9.97 Å². The van der Waals surface area contributed by atoms with Gasteiger partial charge in [0.05, 0.1) is 0 Å². The van der Waals surface area contributed by atoms with E-state index in [1.165, 1.54) is 12.4 Å². The molecule has 0 aliphatic carbocycles. The number of nitrogens with one attached hydrogen (secondary N) is 1. The standard InChI is InChI=1S/C12H21FN4/c1-9(2)5-10(7-17(3)4)16-12-6-11(13)14-8-15-12/h6,8-10H,5,7H2,1-4H3,(H,14,15,16). The molecule has 0 aliphatic heterocycles. The van der Waals surface area contributed by atoms with Gasteiger partial charge in [-0.2, -0.15) is 4.39 Å². The van der Waals surface area contributed by atoms with Crippen LogP contribution in [-0.4, -0.2) is 41.5 Å². The SMILES string of the molecule is CC(C)CC(CN(C)C)Nc1cc(F)ncn1. The minimum Gasteiger partial charge on any atom is -0.366 e. The third-order valence-electron chi connectivity index (χ3n) is 2.33. The van der Waals surface area contributed by atoms with Gasteiger partial charge < -0.3 is 10.2 Å². The van der Waals surface area contributed by atoms with E-state index >= 15 is 0 Å². The van der Waals surface area contributed by atoms with E-state index in [1.54, 1.807) is 0 Å². The van der Waals surface area contributed by atoms with Crippen LogP contribution in [0.4, 0.5) is 10.2 Å². The molecule has 0 fully saturated rings. The van der Waals surface area contributed by atoms with Gasteiger partial charge in [-0.05, 0) is 26.4 Å². The quantitative estimate of drug-likeness (QED) is 0.772. The average molecular weight is 240 g/mol. The van der Waals surface area contributed by atoms with Crippen molar-refractivity contribution in [1.29, 1.82) is 0 Å². The topological polar surface area (TPSA) is 41.0 Å². The van der Waals surface area contributed by atoms with E-state index < -0.39 is 5.95 Å². The summed E-state index contributed by atoms with van der Waals surface area (Å²) in [4.78, 5) is 9.56. The molecule has 1 N–H and O–H groups in total. The zero-order valence-corrected chi connectivity index (χ0v) is 10.9. The molecular weight excluding hydrogens is 219 g/mol. The Bertz CT molecular complexity index is 331. The fourth-order valence-electron chi connectivity index (χ4n) is 1.81. The van der Waals surface area contributed by atoms with Gasteiger partial charge in [0.25, 0.3) is 0 Å². The van der Waals surface area contributed by atoms with Gasteiger partial charge >= 0.3 is 0 Å². The van der Waals surface area contributed by atoms with E-state index in [0.717, 1.165) is 13.0 Å². The summed E-state index contributed by atoms with van der Waals surface area (Å²) in [5.74, 6) is 0.625. The molecule has 0 saturated carbocycles. The first-order valence-electron chi connectivity index (χ1n) is 5.86. The summed E-state index contributed by atoms with van der Waals surface area (Å²) >= 11 is 0. The van der Waals surface area contributed by atoms with Crippen LogP contribution in [0.25, 0.3) is 0 Å². The van der Waals surface area contributed by atoms with Gasteiger partial charge in [-0.3, -0.25) is 0 Å². The van der Waals surface area contributed by atoms with Gasteiger partial charge in [-0.15, -0.1) is 0 Å². The fraction of sp³-hybridized carbons (Fsp3) is 0.667. The fourth-order valence-corrected chi connectivity index (χ4v) is 1.81. The summed E-state index contributed by atoms with van der Waals surface area (Å²) < 4.78 is 12.9. The molecule has 0 saturated heterocycles. The lowest BCUT2D eigenvalue weighted by atomic mass is 10.0. The second-order valence-corrected chi connectivity index (χ2v) is 4.96. The Morgan fingerprint density at radius 1 is 1.35 bits per heavy atom. The first-order chi connectivity index (χ1) is 7.97. The van der Waals surface area contributed by atoms with Crippen molar-refractivity contribution >= 4 is 5.82 Å². The average Bonchev–Trinajstić information content (AvgIpc) is 2.14. The molecule has 0 aromatic carbocycles. The van der Waals surface area contributed by atoms with Gasteiger partial charge in [0.15, 0.2) is 0 Å². The van der Waals surface area contributed by atoms with Crippen LogP contribution in [0.2, 0.25) is 0 Å². The van der Waals surface area contributed by atoms with Crippen LogP contribution in [0.1, 0.15) is 20.3 Å². The first-order valence-corrected chi connectivity index (χ1v) is 5.86. The summed E-state index contributed by atoms with van der Waals surface area (Å²) in [6, 6.07) is 1.59. The zero-order chi connectivity index (χ0) is 12.8. The lowest BCUT2D eigenvalue weighted by molar-refractivity contribution is 0.356. The smallest absolute Gasteiger partial charge is 0.217 e. The maximum Gasteiger partial charge on any atom is 0.217 e. The van der Waals surface area contributed by atoms with Crippen molar-refractivity contribution in [2.75, 3.05) is 26.0 Å². The van der Waals surface area contributed by atoms with Crippen molar-refractivity contribution < 1.29 is 4.39 Å². The molecule has 0 spiro atoms. The van der Waals surface area contributed by atoms with Crippen LogP contribution in [0.5, 0.6) is 0 Å². The molecular formula is C12H21FN4. The number of hydrogen-bond acceptors (Lipinski definition) is 4. The van der Waals surface area contributed by atoms with E-state index in [-0.39, 0.29) is 6.04 Å². The maximum absolute atomic E-state index is 12.9. The van der Waals surface area contributed by atoms with Crippen molar-refractivity contribution in [3.63, 3.8) is 0 Å². The van der Waals surface area contributed by atoms with E-state index in [2.05, 4.69) is 34.0 Å². The molecule has 1 aromatic heterocycles. The van der Waals surface area contributed by atoms with Gasteiger partial charge in [0.2, 0.25) is 5.95 Å². The lowest BCUT2D eigenvalue weighted by Crippen LogP contribution is -2.33. The van der Waals surface area contributed by atoms with Crippen LogP contribution in [-0.2, 0) is 0 Å². The summed E-state index contributed by atoms with van der Waals surface area (Å²) in [5.41, 5.74) is 0. The summed E-state index contributed by atoms with van der Waals surface area (Å²) in [6.45, 7) is 5.24. The monoisotopic (exact) mass is 240 g/mol. The van der Waals surface area contributed by atoms with Gasteiger partial charge in [-0.1, -0.05) is 13.8 Å². The second kappa shape index (κ2) is 6.49.